The van der Waals surface area contributed by atoms with Crippen molar-refractivity contribution in [3.8, 4) is 11.3 Å². The van der Waals surface area contributed by atoms with Gasteiger partial charge >= 0.3 is 0 Å². The van der Waals surface area contributed by atoms with Crippen molar-refractivity contribution in [3.63, 3.8) is 0 Å². The Morgan fingerprint density at radius 3 is 2.65 bits per heavy atom. The lowest BCUT2D eigenvalue weighted by molar-refractivity contribution is 0.102. The Balaban J connectivity index is 1.41. The second kappa shape index (κ2) is 7.69. The molecule has 3 heterocycles. The van der Waals surface area contributed by atoms with Crippen molar-refractivity contribution in [3.05, 3.63) is 72.3 Å². The Bertz CT molecular complexity index is 1270. The zero-order valence-electron chi connectivity index (χ0n) is 16.4. The van der Waals surface area contributed by atoms with Crippen LogP contribution in [0.1, 0.15) is 10.4 Å². The summed E-state index contributed by atoms with van der Waals surface area (Å²) in [5.41, 5.74) is 8.47. The van der Waals surface area contributed by atoms with Crippen molar-refractivity contribution in [1.29, 1.82) is 0 Å². The van der Waals surface area contributed by atoms with Crippen LogP contribution < -0.4 is 16.0 Å². The fourth-order valence-electron chi connectivity index (χ4n) is 3.40. The molecule has 0 saturated carbocycles. The van der Waals surface area contributed by atoms with Crippen LogP contribution in [0.4, 0.5) is 16.0 Å². The Morgan fingerprint density at radius 1 is 1.06 bits per heavy atom. The molecule has 9 heteroatoms. The van der Waals surface area contributed by atoms with Gasteiger partial charge in [0, 0.05) is 35.6 Å². The highest BCUT2D eigenvalue weighted by atomic mass is 19.1. The van der Waals surface area contributed by atoms with Crippen LogP contribution in [0.15, 0.2) is 60.9 Å². The van der Waals surface area contributed by atoms with Gasteiger partial charge in [-0.1, -0.05) is 6.07 Å². The van der Waals surface area contributed by atoms with E-state index in [4.69, 9.17) is 10.7 Å². The van der Waals surface area contributed by atoms with Crippen molar-refractivity contribution in [2.24, 2.45) is 5.73 Å². The number of nitrogens with zero attached hydrogens (tertiary/aromatic N) is 5. The fourth-order valence-corrected chi connectivity index (χ4v) is 3.40. The summed E-state index contributed by atoms with van der Waals surface area (Å²) in [7, 11) is 0. The number of anilines is 2. The summed E-state index contributed by atoms with van der Waals surface area (Å²) in [5, 5.41) is 11.7. The van der Waals surface area contributed by atoms with Gasteiger partial charge in [-0.3, -0.25) is 9.78 Å². The van der Waals surface area contributed by atoms with Crippen molar-refractivity contribution < 1.29 is 9.18 Å². The molecule has 0 aliphatic carbocycles. The Labute approximate surface area is 177 Å². The van der Waals surface area contributed by atoms with E-state index in [0.717, 1.165) is 35.6 Å². The molecule has 0 unspecified atom stereocenters. The number of aromatic nitrogens is 4. The number of hydrogen-bond donors (Lipinski definition) is 2. The van der Waals surface area contributed by atoms with Crippen molar-refractivity contribution >= 4 is 28.4 Å². The minimum atomic E-state index is -0.404. The molecule has 4 aromatic rings. The zero-order valence-corrected chi connectivity index (χ0v) is 16.4. The average Bonchev–Trinajstić information content (AvgIpc) is 2.77. The Morgan fingerprint density at radius 2 is 1.87 bits per heavy atom. The maximum absolute atomic E-state index is 13.1. The molecule has 0 spiro atoms. The predicted octanol–water partition coefficient (Wildman–Crippen LogP) is 2.63. The van der Waals surface area contributed by atoms with E-state index in [1.165, 1.54) is 24.3 Å². The topological polar surface area (TPSA) is 110 Å². The van der Waals surface area contributed by atoms with Gasteiger partial charge < -0.3 is 16.0 Å². The molecule has 0 atom stereocenters. The van der Waals surface area contributed by atoms with Gasteiger partial charge in [0.25, 0.3) is 5.91 Å². The first kappa shape index (κ1) is 19.0. The van der Waals surface area contributed by atoms with Crippen LogP contribution in [-0.4, -0.2) is 45.2 Å². The van der Waals surface area contributed by atoms with Gasteiger partial charge in [-0.05, 0) is 42.5 Å². The van der Waals surface area contributed by atoms with E-state index in [1.807, 2.05) is 18.2 Å². The van der Waals surface area contributed by atoms with Crippen molar-refractivity contribution in [1.82, 2.24) is 20.2 Å². The van der Waals surface area contributed by atoms with Gasteiger partial charge in [0.1, 0.15) is 11.6 Å². The number of halogens is 1. The van der Waals surface area contributed by atoms with Gasteiger partial charge in [0.15, 0.2) is 5.82 Å². The third-order valence-electron chi connectivity index (χ3n) is 5.08. The molecule has 1 aliphatic rings. The van der Waals surface area contributed by atoms with Crippen LogP contribution in [0.2, 0.25) is 0 Å². The monoisotopic (exact) mass is 415 g/mol. The Kier molecular flexibility index (Phi) is 4.72. The molecule has 0 bridgehead atoms. The molecular weight excluding hydrogens is 397 g/mol. The minimum absolute atomic E-state index is 0.174. The van der Waals surface area contributed by atoms with Crippen LogP contribution >= 0.6 is 0 Å². The van der Waals surface area contributed by atoms with Gasteiger partial charge in [-0.2, -0.15) is 0 Å². The van der Waals surface area contributed by atoms with E-state index in [0.29, 0.717) is 16.9 Å². The summed E-state index contributed by atoms with van der Waals surface area (Å²) in [6, 6.07) is 12.9. The third-order valence-corrected chi connectivity index (χ3v) is 5.08. The molecule has 5 rings (SSSR count). The molecule has 1 saturated heterocycles. The third kappa shape index (κ3) is 3.90. The lowest BCUT2D eigenvalue weighted by atomic mass is 10.1. The maximum atomic E-state index is 13.1. The number of hydrogen-bond acceptors (Lipinski definition) is 7. The standard InChI is InChI=1S/C22H18FN7O/c23-16-4-1-13(2-5-16)22(31)27-20-8-15-7-14(3-6-18(15)28-29-20)19-9-25-10-21(26-19)30-11-17(24)12-30/h1-10,17H,11-12,24H2,(H,27,29,31). The SMILES string of the molecule is NC1CN(c2cncc(-c3ccc4nnc(NC(=O)c5ccc(F)cc5)cc4c3)n2)C1. The largest absolute Gasteiger partial charge is 0.352 e. The molecule has 31 heavy (non-hydrogen) atoms. The normalized spacial score (nSPS) is 13.8. The Hall–Kier alpha value is -3.98. The van der Waals surface area contributed by atoms with E-state index < -0.39 is 11.7 Å². The first-order chi connectivity index (χ1) is 15.0. The number of carbonyl (C=O) groups excluding carboxylic acids is 1. The van der Waals surface area contributed by atoms with E-state index in [1.54, 1.807) is 18.5 Å². The molecule has 0 radical (unpaired) electrons. The summed E-state index contributed by atoms with van der Waals surface area (Å²) in [5.74, 6) is 0.294. The predicted molar refractivity (Wildman–Crippen MR) is 115 cm³/mol. The van der Waals surface area contributed by atoms with Crippen LogP contribution in [0, 0.1) is 5.82 Å². The van der Waals surface area contributed by atoms with Gasteiger partial charge in [0.05, 0.1) is 23.6 Å². The summed E-state index contributed by atoms with van der Waals surface area (Å²) in [4.78, 5) is 23.5. The number of rotatable bonds is 4. The van der Waals surface area contributed by atoms with Crippen LogP contribution in [0.5, 0.6) is 0 Å². The van der Waals surface area contributed by atoms with E-state index in [2.05, 4.69) is 25.4 Å². The highest BCUT2D eigenvalue weighted by Crippen LogP contribution is 2.25. The summed E-state index contributed by atoms with van der Waals surface area (Å²) in [6.07, 6.45) is 3.43. The van der Waals surface area contributed by atoms with Gasteiger partial charge in [-0.15, -0.1) is 10.2 Å². The highest BCUT2D eigenvalue weighted by molar-refractivity contribution is 6.04. The fraction of sp³-hybridized carbons (Fsp3) is 0.136. The van der Waals surface area contributed by atoms with Crippen molar-refractivity contribution in [2.75, 3.05) is 23.3 Å². The first-order valence-corrected chi connectivity index (χ1v) is 9.72. The lowest BCUT2D eigenvalue weighted by Gasteiger charge is -2.37. The highest BCUT2D eigenvalue weighted by Gasteiger charge is 2.24. The van der Waals surface area contributed by atoms with E-state index in [9.17, 15) is 9.18 Å². The summed E-state index contributed by atoms with van der Waals surface area (Å²) >= 11 is 0. The number of nitrogens with two attached hydrogens (primary N) is 1. The quantitative estimate of drug-likeness (QED) is 0.527. The molecule has 8 nitrogen and oxygen atoms in total. The van der Waals surface area contributed by atoms with Crippen LogP contribution in [0.25, 0.3) is 22.2 Å². The maximum Gasteiger partial charge on any atom is 0.256 e. The smallest absolute Gasteiger partial charge is 0.256 e. The van der Waals surface area contributed by atoms with Gasteiger partial charge in [-0.25, -0.2) is 9.37 Å². The number of amides is 1. The second-order valence-electron chi connectivity index (χ2n) is 7.39. The minimum Gasteiger partial charge on any atom is -0.352 e. The lowest BCUT2D eigenvalue weighted by Crippen LogP contribution is -2.56. The van der Waals surface area contributed by atoms with Crippen LogP contribution in [0.3, 0.4) is 0 Å². The zero-order chi connectivity index (χ0) is 21.4. The number of benzene rings is 2. The molecule has 3 N–H and O–H groups in total. The second-order valence-corrected chi connectivity index (χ2v) is 7.39. The summed E-state index contributed by atoms with van der Waals surface area (Å²) in [6.45, 7) is 1.53. The molecule has 1 amide bonds. The van der Waals surface area contributed by atoms with E-state index in [-0.39, 0.29) is 6.04 Å². The molecule has 1 aliphatic heterocycles. The average molecular weight is 415 g/mol. The number of carbonyl (C=O) groups is 1. The van der Waals surface area contributed by atoms with E-state index >= 15 is 0 Å². The number of fused-ring (bicyclic) bond motifs is 1. The van der Waals surface area contributed by atoms with Crippen LogP contribution in [-0.2, 0) is 0 Å². The number of nitrogens with one attached hydrogen (secondary N) is 1. The molecule has 2 aromatic heterocycles. The molecular formula is C22H18FN7O. The van der Waals surface area contributed by atoms with Gasteiger partial charge in [0.2, 0.25) is 0 Å². The molecule has 1 fully saturated rings. The summed E-state index contributed by atoms with van der Waals surface area (Å²) < 4.78 is 13.1. The van der Waals surface area contributed by atoms with Crippen molar-refractivity contribution in [2.45, 2.75) is 6.04 Å². The molecule has 154 valence electrons. The molecule has 2 aromatic carbocycles. The first-order valence-electron chi connectivity index (χ1n) is 9.72.